The van der Waals surface area contributed by atoms with E-state index in [9.17, 15) is 4.79 Å². The molecule has 4 rings (SSSR count). The lowest BCUT2D eigenvalue weighted by Crippen LogP contribution is -2.12. The summed E-state index contributed by atoms with van der Waals surface area (Å²) < 4.78 is 1.73. The molecule has 5 heteroatoms. The van der Waals surface area contributed by atoms with E-state index < -0.39 is 0 Å². The molecule has 0 radical (unpaired) electrons. The van der Waals surface area contributed by atoms with Crippen LogP contribution in [0, 0.1) is 6.92 Å². The monoisotopic (exact) mass is 354 g/mol. The Bertz CT molecular complexity index is 1070. The van der Waals surface area contributed by atoms with Gasteiger partial charge in [-0.3, -0.25) is 9.78 Å². The fourth-order valence-corrected chi connectivity index (χ4v) is 2.88. The Labute approximate surface area is 157 Å². The molecule has 0 atom stereocenters. The van der Waals surface area contributed by atoms with Crippen molar-refractivity contribution in [2.45, 2.75) is 6.92 Å². The minimum Gasteiger partial charge on any atom is -0.322 e. The van der Waals surface area contributed by atoms with Gasteiger partial charge in [0.05, 0.1) is 11.3 Å². The lowest BCUT2D eigenvalue weighted by Gasteiger charge is -2.06. The SMILES string of the molecule is Cc1cc(NC(=O)c2cn(-c3ccccc3)nc2-c2ccccc2)ccn1. The van der Waals surface area contributed by atoms with Crippen molar-refractivity contribution in [1.29, 1.82) is 0 Å². The molecular weight excluding hydrogens is 336 g/mol. The number of nitrogens with zero attached hydrogens (tertiary/aromatic N) is 3. The Morgan fingerprint density at radius 1 is 0.963 bits per heavy atom. The predicted octanol–water partition coefficient (Wildman–Crippen LogP) is 4.50. The quantitative estimate of drug-likeness (QED) is 0.587. The van der Waals surface area contributed by atoms with E-state index in [2.05, 4.69) is 15.4 Å². The highest BCUT2D eigenvalue weighted by molar-refractivity contribution is 6.08. The maximum atomic E-state index is 13.0. The van der Waals surface area contributed by atoms with Gasteiger partial charge in [0.15, 0.2) is 0 Å². The Kier molecular flexibility index (Phi) is 4.49. The van der Waals surface area contributed by atoms with Crippen LogP contribution in [-0.4, -0.2) is 20.7 Å². The summed E-state index contributed by atoms with van der Waals surface area (Å²) in [6, 6.07) is 23.1. The summed E-state index contributed by atoms with van der Waals surface area (Å²) in [6.07, 6.45) is 3.44. The molecule has 4 aromatic rings. The minimum absolute atomic E-state index is 0.207. The molecule has 0 aliphatic rings. The number of carbonyl (C=O) groups is 1. The average Bonchev–Trinajstić information content (AvgIpc) is 3.15. The van der Waals surface area contributed by atoms with Crippen LogP contribution in [0.5, 0.6) is 0 Å². The molecule has 27 heavy (non-hydrogen) atoms. The number of pyridine rings is 1. The Balaban J connectivity index is 1.76. The normalized spacial score (nSPS) is 10.6. The van der Waals surface area contributed by atoms with Gasteiger partial charge in [-0.05, 0) is 31.2 Å². The molecule has 1 amide bonds. The smallest absolute Gasteiger partial charge is 0.259 e. The zero-order valence-corrected chi connectivity index (χ0v) is 14.8. The van der Waals surface area contributed by atoms with E-state index in [0.717, 1.165) is 16.9 Å². The van der Waals surface area contributed by atoms with Gasteiger partial charge >= 0.3 is 0 Å². The minimum atomic E-state index is -0.207. The van der Waals surface area contributed by atoms with Crippen LogP contribution < -0.4 is 5.32 Å². The molecule has 0 bridgehead atoms. The number of hydrogen-bond donors (Lipinski definition) is 1. The molecule has 0 saturated heterocycles. The molecule has 0 unspecified atom stereocenters. The summed E-state index contributed by atoms with van der Waals surface area (Å²) in [4.78, 5) is 17.1. The van der Waals surface area contributed by atoms with E-state index in [1.165, 1.54) is 0 Å². The van der Waals surface area contributed by atoms with Gasteiger partial charge < -0.3 is 5.32 Å². The zero-order chi connectivity index (χ0) is 18.6. The second-order valence-electron chi connectivity index (χ2n) is 6.18. The number of hydrogen-bond acceptors (Lipinski definition) is 3. The lowest BCUT2D eigenvalue weighted by atomic mass is 10.1. The number of anilines is 1. The maximum Gasteiger partial charge on any atom is 0.259 e. The number of rotatable bonds is 4. The molecule has 132 valence electrons. The number of aromatic nitrogens is 3. The third kappa shape index (κ3) is 3.62. The number of para-hydroxylation sites is 1. The van der Waals surface area contributed by atoms with Gasteiger partial charge in [-0.1, -0.05) is 48.5 Å². The van der Waals surface area contributed by atoms with Crippen molar-refractivity contribution in [3.05, 3.63) is 96.4 Å². The summed E-state index contributed by atoms with van der Waals surface area (Å²) >= 11 is 0. The first-order chi connectivity index (χ1) is 13.2. The zero-order valence-electron chi connectivity index (χ0n) is 14.8. The van der Waals surface area contributed by atoms with E-state index in [0.29, 0.717) is 16.9 Å². The molecule has 1 N–H and O–H groups in total. The molecule has 0 spiro atoms. The summed E-state index contributed by atoms with van der Waals surface area (Å²) in [5, 5.41) is 7.62. The van der Waals surface area contributed by atoms with E-state index in [1.54, 1.807) is 23.1 Å². The molecule has 5 nitrogen and oxygen atoms in total. The van der Waals surface area contributed by atoms with Crippen LogP contribution in [-0.2, 0) is 0 Å². The van der Waals surface area contributed by atoms with Gasteiger partial charge in [-0.2, -0.15) is 5.10 Å². The van der Waals surface area contributed by atoms with Crippen LogP contribution in [0.15, 0.2) is 85.2 Å². The van der Waals surface area contributed by atoms with Crippen LogP contribution in [0.1, 0.15) is 16.1 Å². The van der Waals surface area contributed by atoms with Gasteiger partial charge in [0.25, 0.3) is 5.91 Å². The van der Waals surface area contributed by atoms with Gasteiger partial charge in [0.1, 0.15) is 5.69 Å². The van der Waals surface area contributed by atoms with E-state index in [1.807, 2.05) is 73.7 Å². The Morgan fingerprint density at radius 3 is 2.37 bits per heavy atom. The van der Waals surface area contributed by atoms with E-state index in [4.69, 9.17) is 0 Å². The number of nitrogens with one attached hydrogen (secondary N) is 1. The van der Waals surface area contributed by atoms with Crippen LogP contribution in [0.3, 0.4) is 0 Å². The fourth-order valence-electron chi connectivity index (χ4n) is 2.88. The number of carbonyl (C=O) groups excluding carboxylic acids is 1. The van der Waals surface area contributed by atoms with Gasteiger partial charge in [-0.15, -0.1) is 0 Å². The standard InChI is InChI=1S/C22H18N4O/c1-16-14-18(12-13-23-16)24-22(27)20-15-26(19-10-6-3-7-11-19)25-21(20)17-8-4-2-5-9-17/h2-15H,1H3,(H,23,24,27). The summed E-state index contributed by atoms with van der Waals surface area (Å²) in [7, 11) is 0. The van der Waals surface area contributed by atoms with Crippen LogP contribution in [0.4, 0.5) is 5.69 Å². The molecule has 2 aromatic heterocycles. The van der Waals surface area contributed by atoms with Crippen molar-refractivity contribution in [2.24, 2.45) is 0 Å². The van der Waals surface area contributed by atoms with E-state index >= 15 is 0 Å². The van der Waals surface area contributed by atoms with Crippen molar-refractivity contribution in [1.82, 2.24) is 14.8 Å². The first kappa shape index (κ1) is 16.7. The van der Waals surface area contributed by atoms with Gasteiger partial charge in [0, 0.05) is 29.3 Å². The summed E-state index contributed by atoms with van der Waals surface area (Å²) in [6.45, 7) is 1.89. The summed E-state index contributed by atoms with van der Waals surface area (Å²) in [5.74, 6) is -0.207. The van der Waals surface area contributed by atoms with Crippen molar-refractivity contribution < 1.29 is 4.79 Å². The molecule has 2 heterocycles. The van der Waals surface area contributed by atoms with Gasteiger partial charge in [-0.25, -0.2) is 4.68 Å². The van der Waals surface area contributed by atoms with Gasteiger partial charge in [0.2, 0.25) is 0 Å². The maximum absolute atomic E-state index is 13.0. The second-order valence-corrected chi connectivity index (χ2v) is 6.18. The first-order valence-electron chi connectivity index (χ1n) is 8.65. The second kappa shape index (κ2) is 7.25. The molecule has 0 fully saturated rings. The molecule has 0 aliphatic heterocycles. The van der Waals surface area contributed by atoms with Crippen LogP contribution in [0.25, 0.3) is 16.9 Å². The fraction of sp³-hybridized carbons (Fsp3) is 0.0455. The average molecular weight is 354 g/mol. The molecular formula is C22H18N4O. The number of benzene rings is 2. The largest absolute Gasteiger partial charge is 0.322 e. The topological polar surface area (TPSA) is 59.8 Å². The lowest BCUT2D eigenvalue weighted by molar-refractivity contribution is 0.102. The van der Waals surface area contributed by atoms with Crippen molar-refractivity contribution >= 4 is 11.6 Å². The highest BCUT2D eigenvalue weighted by Crippen LogP contribution is 2.24. The number of amides is 1. The van der Waals surface area contributed by atoms with Crippen LogP contribution >= 0.6 is 0 Å². The van der Waals surface area contributed by atoms with Crippen molar-refractivity contribution in [3.63, 3.8) is 0 Å². The predicted molar refractivity (Wildman–Crippen MR) is 106 cm³/mol. The highest BCUT2D eigenvalue weighted by Gasteiger charge is 2.18. The summed E-state index contributed by atoms with van der Waals surface area (Å²) in [5.41, 5.74) is 4.49. The first-order valence-corrected chi connectivity index (χ1v) is 8.65. The van der Waals surface area contributed by atoms with Crippen LogP contribution in [0.2, 0.25) is 0 Å². The molecule has 0 aliphatic carbocycles. The Hall–Kier alpha value is -3.73. The van der Waals surface area contributed by atoms with Crippen molar-refractivity contribution in [2.75, 3.05) is 5.32 Å². The van der Waals surface area contributed by atoms with E-state index in [-0.39, 0.29) is 5.91 Å². The third-order valence-electron chi connectivity index (χ3n) is 4.18. The Morgan fingerprint density at radius 2 is 1.67 bits per heavy atom. The number of aryl methyl sites for hydroxylation is 1. The van der Waals surface area contributed by atoms with Crippen molar-refractivity contribution in [3.8, 4) is 16.9 Å². The molecule has 2 aromatic carbocycles. The highest BCUT2D eigenvalue weighted by atomic mass is 16.1. The molecule has 0 saturated carbocycles. The third-order valence-corrected chi connectivity index (χ3v) is 4.18.